The number of hydrogen-bond acceptors (Lipinski definition) is 5. The molecule has 9 nitrogen and oxygen atoms in total. The molecule has 0 aromatic carbocycles. The van der Waals surface area contributed by atoms with E-state index in [4.69, 9.17) is 4.42 Å². The van der Waals surface area contributed by atoms with Gasteiger partial charge in [-0.25, -0.2) is 0 Å². The number of anilines is 2. The number of rotatable bonds is 3. The standard InChI is InChI=1S/C18H17N5O4/c1-22-7-3-5-10(18(22)26)17(25)20-15-14-11(12-6-4-8-27-12)9-13(24)19-16(14)23(2)21-15/h3-8,11H,9H2,1-2H3,(H,19,24)(H,20,21,25). The molecular formula is C18H17N5O4. The molecule has 2 N–H and O–H groups in total. The zero-order valence-corrected chi connectivity index (χ0v) is 14.7. The highest BCUT2D eigenvalue weighted by atomic mass is 16.3. The minimum absolute atomic E-state index is 0.00815. The van der Waals surface area contributed by atoms with Crippen LogP contribution in [0.15, 0.2) is 45.9 Å². The lowest BCUT2D eigenvalue weighted by Crippen LogP contribution is -2.28. The van der Waals surface area contributed by atoms with Crippen LogP contribution in [0.25, 0.3) is 0 Å². The van der Waals surface area contributed by atoms with Gasteiger partial charge in [0.1, 0.15) is 17.1 Å². The molecule has 3 aromatic rings. The Kier molecular flexibility index (Phi) is 3.91. The molecule has 0 bridgehead atoms. The summed E-state index contributed by atoms with van der Waals surface area (Å²) in [6, 6.07) is 6.59. The van der Waals surface area contributed by atoms with E-state index in [1.165, 1.54) is 21.6 Å². The fraction of sp³-hybridized carbons (Fsp3) is 0.222. The van der Waals surface area contributed by atoms with Gasteiger partial charge in [0.25, 0.3) is 11.5 Å². The van der Waals surface area contributed by atoms with Crippen LogP contribution in [-0.2, 0) is 18.9 Å². The molecule has 1 aliphatic rings. The fourth-order valence-electron chi connectivity index (χ4n) is 3.26. The molecule has 4 rings (SSSR count). The number of amides is 2. The first-order chi connectivity index (χ1) is 13.0. The number of hydrogen-bond donors (Lipinski definition) is 2. The molecule has 2 amide bonds. The van der Waals surface area contributed by atoms with Crippen LogP contribution in [0.4, 0.5) is 11.6 Å². The first kappa shape index (κ1) is 16.8. The molecule has 1 aliphatic heterocycles. The van der Waals surface area contributed by atoms with E-state index in [-0.39, 0.29) is 29.6 Å². The summed E-state index contributed by atoms with van der Waals surface area (Å²) in [4.78, 5) is 36.9. The summed E-state index contributed by atoms with van der Waals surface area (Å²) in [6.07, 6.45) is 3.27. The number of fused-ring (bicyclic) bond motifs is 1. The van der Waals surface area contributed by atoms with Gasteiger partial charge in [-0.2, -0.15) is 5.10 Å². The van der Waals surface area contributed by atoms with Crippen molar-refractivity contribution in [3.8, 4) is 0 Å². The Morgan fingerprint density at radius 2 is 2.11 bits per heavy atom. The van der Waals surface area contributed by atoms with Gasteiger partial charge in [0, 0.05) is 26.7 Å². The van der Waals surface area contributed by atoms with Crippen LogP contribution >= 0.6 is 0 Å². The summed E-state index contributed by atoms with van der Waals surface area (Å²) in [5.74, 6) is 0.263. The van der Waals surface area contributed by atoms with Crippen LogP contribution in [-0.4, -0.2) is 26.2 Å². The quantitative estimate of drug-likeness (QED) is 0.728. The van der Waals surface area contributed by atoms with Crippen LogP contribution in [0.5, 0.6) is 0 Å². The Balaban J connectivity index is 1.76. The molecule has 0 saturated heterocycles. The third kappa shape index (κ3) is 2.82. The third-order valence-corrected chi connectivity index (χ3v) is 4.57. The normalized spacial score (nSPS) is 15.9. The van der Waals surface area contributed by atoms with Gasteiger partial charge in [-0.15, -0.1) is 0 Å². The van der Waals surface area contributed by atoms with Crippen molar-refractivity contribution >= 4 is 23.5 Å². The maximum Gasteiger partial charge on any atom is 0.263 e. The average Bonchev–Trinajstić information content (AvgIpc) is 3.26. The second kappa shape index (κ2) is 6.27. The zero-order chi connectivity index (χ0) is 19.1. The second-order valence-electron chi connectivity index (χ2n) is 6.35. The van der Waals surface area contributed by atoms with Gasteiger partial charge >= 0.3 is 0 Å². The van der Waals surface area contributed by atoms with Crippen molar-refractivity contribution in [1.82, 2.24) is 14.3 Å². The number of aryl methyl sites for hydroxylation is 2. The van der Waals surface area contributed by atoms with E-state index in [1.807, 2.05) is 0 Å². The van der Waals surface area contributed by atoms with Crippen molar-refractivity contribution in [2.75, 3.05) is 10.6 Å². The van der Waals surface area contributed by atoms with Gasteiger partial charge < -0.3 is 19.6 Å². The van der Waals surface area contributed by atoms with Crippen molar-refractivity contribution in [3.05, 3.63) is 64.0 Å². The minimum atomic E-state index is -0.563. The fourth-order valence-corrected chi connectivity index (χ4v) is 3.26. The second-order valence-corrected chi connectivity index (χ2v) is 6.35. The van der Waals surface area contributed by atoms with Gasteiger partial charge in [0.2, 0.25) is 5.91 Å². The summed E-state index contributed by atoms with van der Waals surface area (Å²) in [5.41, 5.74) is 0.248. The topological polar surface area (TPSA) is 111 Å². The lowest BCUT2D eigenvalue weighted by molar-refractivity contribution is -0.116. The van der Waals surface area contributed by atoms with E-state index in [9.17, 15) is 14.4 Å². The van der Waals surface area contributed by atoms with Crippen LogP contribution in [0.2, 0.25) is 0 Å². The van der Waals surface area contributed by atoms with E-state index >= 15 is 0 Å². The van der Waals surface area contributed by atoms with E-state index in [1.54, 1.807) is 38.5 Å². The first-order valence-corrected chi connectivity index (χ1v) is 8.33. The largest absolute Gasteiger partial charge is 0.469 e. The molecule has 27 heavy (non-hydrogen) atoms. The molecule has 0 fully saturated rings. The van der Waals surface area contributed by atoms with E-state index in [0.29, 0.717) is 17.1 Å². The lowest BCUT2D eigenvalue weighted by Gasteiger charge is -2.22. The Morgan fingerprint density at radius 3 is 2.85 bits per heavy atom. The third-order valence-electron chi connectivity index (χ3n) is 4.57. The number of nitrogens with one attached hydrogen (secondary N) is 2. The Bertz CT molecular complexity index is 1090. The number of nitrogens with zero attached hydrogens (tertiary/aromatic N) is 3. The summed E-state index contributed by atoms with van der Waals surface area (Å²) in [5, 5.41) is 9.81. The van der Waals surface area contributed by atoms with Gasteiger partial charge in [-0.05, 0) is 24.3 Å². The minimum Gasteiger partial charge on any atom is -0.469 e. The summed E-state index contributed by atoms with van der Waals surface area (Å²) in [6.45, 7) is 0. The number of carbonyl (C=O) groups is 2. The Morgan fingerprint density at radius 1 is 1.30 bits per heavy atom. The van der Waals surface area contributed by atoms with Crippen LogP contribution < -0.4 is 16.2 Å². The molecule has 0 radical (unpaired) electrons. The van der Waals surface area contributed by atoms with Gasteiger partial charge in [-0.3, -0.25) is 19.1 Å². The summed E-state index contributed by atoms with van der Waals surface area (Å²) >= 11 is 0. The lowest BCUT2D eigenvalue weighted by atomic mass is 9.91. The predicted molar refractivity (Wildman–Crippen MR) is 96.6 cm³/mol. The van der Waals surface area contributed by atoms with Crippen molar-refractivity contribution < 1.29 is 14.0 Å². The molecule has 9 heteroatoms. The molecular weight excluding hydrogens is 350 g/mol. The highest BCUT2D eigenvalue weighted by molar-refractivity contribution is 6.05. The van der Waals surface area contributed by atoms with Crippen molar-refractivity contribution in [2.45, 2.75) is 12.3 Å². The smallest absolute Gasteiger partial charge is 0.263 e. The van der Waals surface area contributed by atoms with Crippen molar-refractivity contribution in [3.63, 3.8) is 0 Å². The molecule has 0 aliphatic carbocycles. The SMILES string of the molecule is Cn1nc(NC(=O)c2cccn(C)c2=O)c2c1NC(=O)CC2c1ccco1. The zero-order valence-electron chi connectivity index (χ0n) is 14.7. The van der Waals surface area contributed by atoms with Crippen molar-refractivity contribution in [2.24, 2.45) is 14.1 Å². The highest BCUT2D eigenvalue weighted by Crippen LogP contribution is 2.41. The maximum atomic E-state index is 12.7. The van der Waals surface area contributed by atoms with E-state index in [0.717, 1.165) is 0 Å². The average molecular weight is 367 g/mol. The van der Waals surface area contributed by atoms with E-state index in [2.05, 4.69) is 15.7 Å². The van der Waals surface area contributed by atoms with Crippen molar-refractivity contribution in [1.29, 1.82) is 0 Å². The summed E-state index contributed by atoms with van der Waals surface area (Å²) < 4.78 is 8.30. The van der Waals surface area contributed by atoms with Crippen LogP contribution in [0.1, 0.15) is 34.0 Å². The number of carbonyl (C=O) groups excluding carboxylic acids is 2. The monoisotopic (exact) mass is 367 g/mol. The van der Waals surface area contributed by atoms with Gasteiger partial charge in [0.05, 0.1) is 17.7 Å². The molecule has 138 valence electrons. The van der Waals surface area contributed by atoms with Gasteiger partial charge in [-0.1, -0.05) is 0 Å². The Hall–Kier alpha value is -3.62. The highest BCUT2D eigenvalue weighted by Gasteiger charge is 2.35. The molecule has 1 atom stereocenters. The van der Waals surface area contributed by atoms with Crippen LogP contribution in [0, 0.1) is 0 Å². The molecule has 0 spiro atoms. The number of furan rings is 1. The van der Waals surface area contributed by atoms with Gasteiger partial charge in [0.15, 0.2) is 5.82 Å². The first-order valence-electron chi connectivity index (χ1n) is 8.33. The number of aromatic nitrogens is 3. The molecule has 0 saturated carbocycles. The number of pyridine rings is 1. The van der Waals surface area contributed by atoms with E-state index < -0.39 is 11.5 Å². The molecule has 3 aromatic heterocycles. The predicted octanol–water partition coefficient (Wildman–Crippen LogP) is 1.44. The summed E-state index contributed by atoms with van der Waals surface area (Å²) in [7, 11) is 3.24. The maximum absolute atomic E-state index is 12.7. The molecule has 4 heterocycles. The molecule has 1 unspecified atom stereocenters. The van der Waals surface area contributed by atoms with Crippen LogP contribution in [0.3, 0.4) is 0 Å². The Labute approximate surface area is 153 Å².